The highest BCUT2D eigenvalue weighted by Gasteiger charge is 2.67. The van der Waals surface area contributed by atoms with Crippen LogP contribution in [0.2, 0.25) is 0 Å². The van der Waals surface area contributed by atoms with E-state index in [2.05, 4.69) is 13.8 Å². The van der Waals surface area contributed by atoms with E-state index in [4.69, 9.17) is 4.74 Å². The first-order valence-corrected chi connectivity index (χ1v) is 8.15. The van der Waals surface area contributed by atoms with Gasteiger partial charge in [-0.3, -0.25) is 0 Å². The van der Waals surface area contributed by atoms with Crippen LogP contribution in [-0.4, -0.2) is 18.2 Å². The molecule has 22 heavy (non-hydrogen) atoms. The van der Waals surface area contributed by atoms with Gasteiger partial charge in [0.2, 0.25) is 0 Å². The maximum Gasteiger partial charge on any atom is 0.490 e. The van der Waals surface area contributed by atoms with Gasteiger partial charge in [0.1, 0.15) is 6.10 Å². The van der Waals surface area contributed by atoms with Gasteiger partial charge in [-0.1, -0.05) is 27.7 Å². The molecule has 126 valence electrons. The van der Waals surface area contributed by atoms with Crippen molar-refractivity contribution in [2.75, 3.05) is 0 Å². The van der Waals surface area contributed by atoms with E-state index in [1.807, 2.05) is 13.8 Å². The summed E-state index contributed by atoms with van der Waals surface area (Å²) in [6, 6.07) is 0. The van der Waals surface area contributed by atoms with E-state index in [0.29, 0.717) is 17.3 Å². The minimum absolute atomic E-state index is 0.292. The Morgan fingerprint density at radius 3 is 2.14 bits per heavy atom. The Bertz CT molecular complexity index is 491. The lowest BCUT2D eigenvalue weighted by Gasteiger charge is -2.50. The largest absolute Gasteiger partial charge is 0.490 e. The molecule has 0 N–H and O–H groups in total. The van der Waals surface area contributed by atoms with Crippen molar-refractivity contribution in [1.29, 1.82) is 0 Å². The van der Waals surface area contributed by atoms with Crippen LogP contribution in [0.4, 0.5) is 13.2 Å². The fraction of sp³-hybridized carbons (Fsp3) is 0.941. The monoisotopic (exact) mass is 318 g/mol. The zero-order chi connectivity index (χ0) is 16.6. The molecule has 2 nitrogen and oxygen atoms in total. The molecule has 3 saturated carbocycles. The van der Waals surface area contributed by atoms with E-state index in [9.17, 15) is 18.0 Å². The molecule has 3 aliphatic carbocycles. The Kier molecular flexibility index (Phi) is 3.24. The quantitative estimate of drug-likeness (QED) is 0.688. The number of rotatable bonds is 2. The van der Waals surface area contributed by atoms with Crippen molar-refractivity contribution in [3.8, 4) is 0 Å². The second kappa shape index (κ2) is 4.41. The van der Waals surface area contributed by atoms with Crippen molar-refractivity contribution < 1.29 is 22.7 Å². The predicted octanol–water partition coefficient (Wildman–Crippen LogP) is 4.72. The lowest BCUT2D eigenvalue weighted by molar-refractivity contribution is -0.212. The summed E-state index contributed by atoms with van der Waals surface area (Å²) in [6.45, 7) is 8.51. The van der Waals surface area contributed by atoms with Crippen molar-refractivity contribution in [2.24, 2.45) is 28.1 Å². The second-order valence-electron chi connectivity index (χ2n) is 9.09. The van der Waals surface area contributed by atoms with Crippen LogP contribution in [0.5, 0.6) is 0 Å². The molecule has 0 radical (unpaired) electrons. The Hall–Kier alpha value is -0.740. The van der Waals surface area contributed by atoms with Gasteiger partial charge in [-0.05, 0) is 49.4 Å². The number of alkyl halides is 3. The average molecular weight is 318 g/mol. The molecule has 0 unspecified atom stereocenters. The summed E-state index contributed by atoms with van der Waals surface area (Å²) < 4.78 is 42.8. The highest BCUT2D eigenvalue weighted by atomic mass is 19.4. The lowest BCUT2D eigenvalue weighted by atomic mass is 9.54. The molecule has 5 heteroatoms. The van der Waals surface area contributed by atoms with Gasteiger partial charge in [-0.2, -0.15) is 13.2 Å². The number of halogens is 3. The van der Waals surface area contributed by atoms with E-state index in [-0.39, 0.29) is 10.8 Å². The molecule has 3 rings (SSSR count). The van der Waals surface area contributed by atoms with Crippen LogP contribution < -0.4 is 0 Å². The fourth-order valence-corrected chi connectivity index (χ4v) is 5.74. The molecular weight excluding hydrogens is 293 g/mol. The summed E-state index contributed by atoms with van der Waals surface area (Å²) in [7, 11) is 0. The third kappa shape index (κ3) is 2.26. The maximum atomic E-state index is 12.6. The summed E-state index contributed by atoms with van der Waals surface area (Å²) in [5.41, 5.74) is -0.237. The predicted molar refractivity (Wildman–Crippen MR) is 76.0 cm³/mol. The smallest absolute Gasteiger partial charge is 0.455 e. The van der Waals surface area contributed by atoms with Crippen molar-refractivity contribution in [1.82, 2.24) is 0 Å². The van der Waals surface area contributed by atoms with Crippen molar-refractivity contribution in [3.05, 3.63) is 0 Å². The summed E-state index contributed by atoms with van der Waals surface area (Å²) in [5, 5.41) is 0. The van der Waals surface area contributed by atoms with Crippen LogP contribution in [0.15, 0.2) is 0 Å². The van der Waals surface area contributed by atoms with Gasteiger partial charge >= 0.3 is 12.1 Å². The van der Waals surface area contributed by atoms with Crippen LogP contribution in [0.3, 0.4) is 0 Å². The number of hydrogen-bond donors (Lipinski definition) is 0. The molecule has 0 aromatic carbocycles. The van der Waals surface area contributed by atoms with E-state index in [1.54, 1.807) is 0 Å². The molecule has 2 bridgehead atoms. The van der Waals surface area contributed by atoms with Gasteiger partial charge < -0.3 is 4.74 Å². The molecule has 0 aromatic heterocycles. The first kappa shape index (κ1) is 16.1. The highest BCUT2D eigenvalue weighted by molar-refractivity contribution is 5.76. The first-order valence-electron chi connectivity index (χ1n) is 8.15. The van der Waals surface area contributed by atoms with Crippen LogP contribution in [0.1, 0.15) is 59.8 Å². The molecule has 0 aromatic rings. The van der Waals surface area contributed by atoms with E-state index < -0.39 is 18.2 Å². The van der Waals surface area contributed by atoms with Crippen molar-refractivity contribution in [2.45, 2.75) is 72.1 Å². The second-order valence-corrected chi connectivity index (χ2v) is 9.09. The molecule has 4 atom stereocenters. The Morgan fingerprint density at radius 1 is 1.05 bits per heavy atom. The molecular formula is C17H25F3O2. The van der Waals surface area contributed by atoms with Gasteiger partial charge in [0.25, 0.3) is 0 Å². The van der Waals surface area contributed by atoms with Crippen LogP contribution in [-0.2, 0) is 9.53 Å². The number of fused-ring (bicyclic) bond motifs is 2. The van der Waals surface area contributed by atoms with Crippen LogP contribution >= 0.6 is 0 Å². The summed E-state index contributed by atoms with van der Waals surface area (Å²) >= 11 is 0. The Labute approximate surface area is 129 Å². The number of carbonyl (C=O) groups excluding carboxylic acids is 1. The molecule has 0 saturated heterocycles. The molecule has 0 amide bonds. The lowest BCUT2D eigenvalue weighted by Crippen LogP contribution is -2.44. The number of ether oxygens (including phenoxy) is 1. The molecule has 3 aliphatic rings. The Morgan fingerprint density at radius 2 is 1.64 bits per heavy atom. The van der Waals surface area contributed by atoms with E-state index in [0.717, 1.165) is 32.1 Å². The van der Waals surface area contributed by atoms with Crippen LogP contribution in [0.25, 0.3) is 0 Å². The van der Waals surface area contributed by atoms with Gasteiger partial charge in [0.15, 0.2) is 0 Å². The molecule has 0 heterocycles. The standard InChI is InChI=1S/C17H25F3O2/c1-14(2)7-10(8-14)11-9-15(3)5-6-16(11,4)12(15)22-13(21)17(18,19)20/h10-12H,5-9H2,1-4H3/t11-,12-,15+,16-/m1/s1. The summed E-state index contributed by atoms with van der Waals surface area (Å²) in [4.78, 5) is 11.3. The van der Waals surface area contributed by atoms with Crippen LogP contribution in [0, 0.1) is 28.1 Å². The van der Waals surface area contributed by atoms with Crippen molar-refractivity contribution >= 4 is 5.97 Å². The molecule has 0 spiro atoms. The fourth-order valence-electron chi connectivity index (χ4n) is 5.74. The maximum absolute atomic E-state index is 12.6. The van der Waals surface area contributed by atoms with Gasteiger partial charge in [-0.25, -0.2) is 4.79 Å². The zero-order valence-corrected chi connectivity index (χ0v) is 13.7. The van der Waals surface area contributed by atoms with Gasteiger partial charge in [0, 0.05) is 10.8 Å². The normalized spacial score (nSPS) is 44.0. The molecule has 0 aliphatic heterocycles. The van der Waals surface area contributed by atoms with E-state index >= 15 is 0 Å². The SMILES string of the molecule is CC1(C)CC([C@H]2C[C@]3(C)CC[C@@]2(C)[C@@H]3OC(=O)C(F)(F)F)C1. The molecule has 3 fully saturated rings. The van der Waals surface area contributed by atoms with E-state index in [1.165, 1.54) is 0 Å². The van der Waals surface area contributed by atoms with Gasteiger partial charge in [-0.15, -0.1) is 0 Å². The Balaban J connectivity index is 1.79. The number of carbonyl (C=O) groups is 1. The summed E-state index contributed by atoms with van der Waals surface area (Å²) in [5.74, 6) is -1.08. The van der Waals surface area contributed by atoms with Gasteiger partial charge in [0.05, 0.1) is 0 Å². The summed E-state index contributed by atoms with van der Waals surface area (Å²) in [6.07, 6.45) is -0.634. The number of esters is 1. The zero-order valence-electron chi connectivity index (χ0n) is 13.7. The van der Waals surface area contributed by atoms with Crippen molar-refractivity contribution in [3.63, 3.8) is 0 Å². The average Bonchev–Trinajstić information content (AvgIpc) is 2.69. The first-order chi connectivity index (χ1) is 9.87. The third-order valence-electron chi connectivity index (χ3n) is 6.65. The topological polar surface area (TPSA) is 26.3 Å². The highest BCUT2D eigenvalue weighted by Crippen LogP contribution is 2.70. The minimum Gasteiger partial charge on any atom is -0.455 e. The minimum atomic E-state index is -4.90. The number of hydrogen-bond acceptors (Lipinski definition) is 2. The third-order valence-corrected chi connectivity index (χ3v) is 6.65.